The van der Waals surface area contributed by atoms with Crippen LogP contribution in [0, 0.1) is 23.2 Å². The molecule has 2 saturated heterocycles. The van der Waals surface area contributed by atoms with Gasteiger partial charge >= 0.3 is 6.03 Å². The molecule has 6 N–H and O–H groups in total. The van der Waals surface area contributed by atoms with E-state index in [9.17, 15) is 24.0 Å². The Balaban J connectivity index is 1.48. The molecule has 2 aliphatic rings. The van der Waals surface area contributed by atoms with Gasteiger partial charge in [0.15, 0.2) is 11.6 Å². The SMILES string of the molecule is CNC(=O)N1CC2(CCN(C(=O)[C@@H](CCCCN)CC(=O)[C@@H](CC(C)C)NC(=O)[C@H](CC(=O)[C@H](N)Cc3ccccc3)Cc3ccccc3)CC2(F)F)C1. The molecule has 4 rings (SSSR count). The van der Waals surface area contributed by atoms with E-state index in [1.54, 1.807) is 0 Å². The molecular formula is C41H58F2N6O5. The van der Waals surface area contributed by atoms with Crippen LogP contribution in [-0.4, -0.2) is 97.0 Å². The van der Waals surface area contributed by atoms with Gasteiger partial charge in [0.1, 0.15) is 0 Å². The molecule has 2 aliphatic heterocycles. The summed E-state index contributed by atoms with van der Waals surface area (Å²) in [7, 11) is 1.45. The van der Waals surface area contributed by atoms with Gasteiger partial charge in [0.2, 0.25) is 11.8 Å². The van der Waals surface area contributed by atoms with E-state index < -0.39 is 59.6 Å². The number of amides is 4. The quantitative estimate of drug-likeness (QED) is 0.157. The number of nitrogens with zero attached hydrogens (tertiary/aromatic N) is 2. The molecule has 11 nitrogen and oxygen atoms in total. The number of piperidine rings is 1. The van der Waals surface area contributed by atoms with Crippen molar-refractivity contribution < 1.29 is 32.8 Å². The predicted molar refractivity (Wildman–Crippen MR) is 203 cm³/mol. The average Bonchev–Trinajstić information content (AvgIpc) is 3.12. The first-order valence-electron chi connectivity index (χ1n) is 19.2. The zero-order chi connectivity index (χ0) is 39.5. The van der Waals surface area contributed by atoms with E-state index >= 15 is 8.78 Å². The topological polar surface area (TPSA) is 168 Å². The maximum Gasteiger partial charge on any atom is 0.317 e. The highest BCUT2D eigenvalue weighted by Gasteiger charge is 2.64. The number of unbranched alkanes of at least 4 members (excludes halogenated alkanes) is 1. The number of likely N-dealkylation sites (tertiary alicyclic amines) is 2. The van der Waals surface area contributed by atoms with E-state index in [1.807, 2.05) is 74.5 Å². The van der Waals surface area contributed by atoms with Crippen LogP contribution < -0.4 is 22.1 Å². The lowest BCUT2D eigenvalue weighted by molar-refractivity contribution is -0.216. The maximum absolute atomic E-state index is 15.7. The van der Waals surface area contributed by atoms with E-state index in [0.717, 1.165) is 16.0 Å². The van der Waals surface area contributed by atoms with Crippen LogP contribution in [0.3, 0.4) is 0 Å². The van der Waals surface area contributed by atoms with Gasteiger partial charge in [-0.1, -0.05) is 80.9 Å². The number of nitrogens with two attached hydrogens (primary N) is 2. The maximum atomic E-state index is 15.7. The molecule has 13 heteroatoms. The lowest BCUT2D eigenvalue weighted by Gasteiger charge is -2.57. The summed E-state index contributed by atoms with van der Waals surface area (Å²) in [6.07, 6.45) is 1.96. The smallest absolute Gasteiger partial charge is 0.317 e. The lowest BCUT2D eigenvalue weighted by atomic mass is 9.69. The normalized spacial score (nSPS) is 18.3. The molecule has 0 unspecified atom stereocenters. The van der Waals surface area contributed by atoms with E-state index in [-0.39, 0.29) is 69.2 Å². The third-order valence-corrected chi connectivity index (χ3v) is 10.9. The van der Waals surface area contributed by atoms with E-state index in [0.29, 0.717) is 32.2 Å². The Labute approximate surface area is 317 Å². The summed E-state index contributed by atoms with van der Waals surface area (Å²) in [6.45, 7) is 3.33. The first kappa shape index (κ1) is 42.5. The zero-order valence-corrected chi connectivity index (χ0v) is 31.9. The summed E-state index contributed by atoms with van der Waals surface area (Å²) in [4.78, 5) is 70.0. The minimum absolute atomic E-state index is 0.00653. The van der Waals surface area contributed by atoms with Gasteiger partial charge in [0, 0.05) is 51.4 Å². The molecule has 2 aromatic carbocycles. The summed E-state index contributed by atoms with van der Waals surface area (Å²) in [5.41, 5.74) is 12.4. The van der Waals surface area contributed by atoms with Crippen molar-refractivity contribution in [2.45, 2.75) is 89.6 Å². The number of benzene rings is 2. The van der Waals surface area contributed by atoms with Crippen molar-refractivity contribution in [3.8, 4) is 0 Å². The fraction of sp³-hybridized carbons (Fsp3) is 0.585. The van der Waals surface area contributed by atoms with Gasteiger partial charge in [-0.25, -0.2) is 13.6 Å². The van der Waals surface area contributed by atoms with Gasteiger partial charge in [-0.05, 0) is 62.1 Å². The average molecular weight is 753 g/mol. The van der Waals surface area contributed by atoms with Gasteiger partial charge < -0.3 is 31.9 Å². The first-order chi connectivity index (χ1) is 25.7. The van der Waals surface area contributed by atoms with Crippen molar-refractivity contribution >= 4 is 29.4 Å². The number of Topliss-reactive ketones (excluding diaryl/α,β-unsaturated/α-hetero) is 2. The van der Waals surface area contributed by atoms with Crippen molar-refractivity contribution in [1.82, 2.24) is 20.4 Å². The Bertz CT molecular complexity index is 1570. The third kappa shape index (κ3) is 11.2. The van der Waals surface area contributed by atoms with Crippen molar-refractivity contribution in [1.29, 1.82) is 0 Å². The minimum atomic E-state index is -3.22. The fourth-order valence-corrected chi connectivity index (χ4v) is 7.64. The van der Waals surface area contributed by atoms with E-state index in [1.165, 1.54) is 11.9 Å². The second-order valence-corrected chi connectivity index (χ2v) is 15.6. The van der Waals surface area contributed by atoms with Crippen LogP contribution in [0.2, 0.25) is 0 Å². The number of hydrogen-bond donors (Lipinski definition) is 4. The van der Waals surface area contributed by atoms with Crippen LogP contribution in [0.25, 0.3) is 0 Å². The van der Waals surface area contributed by atoms with Crippen LogP contribution in [0.1, 0.15) is 69.9 Å². The van der Waals surface area contributed by atoms with Crippen LogP contribution in [-0.2, 0) is 32.0 Å². The number of urea groups is 1. The Morgan fingerprint density at radius 3 is 1.96 bits per heavy atom. The molecular weight excluding hydrogens is 694 g/mol. The number of alkyl halides is 2. The number of rotatable bonds is 19. The second-order valence-electron chi connectivity index (χ2n) is 15.6. The van der Waals surface area contributed by atoms with Crippen molar-refractivity contribution in [3.05, 3.63) is 71.8 Å². The highest BCUT2D eigenvalue weighted by Crippen LogP contribution is 2.50. The number of nitrogens with one attached hydrogen (secondary N) is 2. The molecule has 296 valence electrons. The highest BCUT2D eigenvalue weighted by molar-refractivity contribution is 5.95. The van der Waals surface area contributed by atoms with Crippen molar-refractivity contribution in [2.75, 3.05) is 39.8 Å². The van der Waals surface area contributed by atoms with E-state index in [2.05, 4.69) is 10.6 Å². The molecule has 0 saturated carbocycles. The van der Waals surface area contributed by atoms with Crippen LogP contribution in [0.4, 0.5) is 13.6 Å². The Morgan fingerprint density at radius 1 is 0.815 bits per heavy atom. The molecule has 54 heavy (non-hydrogen) atoms. The molecule has 2 aromatic rings. The number of hydrogen-bond acceptors (Lipinski definition) is 7. The first-order valence-corrected chi connectivity index (χ1v) is 19.2. The Kier molecular flexibility index (Phi) is 15.3. The number of carbonyl (C=O) groups is 5. The molecule has 2 fully saturated rings. The Morgan fingerprint density at radius 2 is 1.41 bits per heavy atom. The van der Waals surface area contributed by atoms with Crippen molar-refractivity contribution in [3.63, 3.8) is 0 Å². The molecule has 1 spiro atoms. The number of carbonyl (C=O) groups excluding carboxylic acids is 5. The molecule has 0 aliphatic carbocycles. The Hall–Kier alpha value is -4.23. The van der Waals surface area contributed by atoms with Gasteiger partial charge in [-0.3, -0.25) is 19.2 Å². The van der Waals surface area contributed by atoms with Gasteiger partial charge in [0.25, 0.3) is 5.92 Å². The molecule has 4 amide bonds. The van der Waals surface area contributed by atoms with Crippen LogP contribution >= 0.6 is 0 Å². The largest absolute Gasteiger partial charge is 0.346 e. The third-order valence-electron chi connectivity index (χ3n) is 10.9. The van der Waals surface area contributed by atoms with Gasteiger partial charge in [-0.2, -0.15) is 0 Å². The van der Waals surface area contributed by atoms with Crippen molar-refractivity contribution in [2.24, 2.45) is 34.6 Å². The van der Waals surface area contributed by atoms with Crippen LogP contribution in [0.5, 0.6) is 0 Å². The molecule has 2 heterocycles. The second kappa shape index (κ2) is 19.4. The standard InChI is InChI=1S/C41H58F2N6O5/c1-28(2)20-34(47-37(52)32(21-29-12-6-4-7-13-29)24-35(50)33(45)22-30-14-8-5-9-15-30)36(51)23-31(16-10-11-18-44)38(53)48-19-17-40(41(42,43)27-48)25-49(26-40)39(54)46-3/h4-9,12-15,28,31-34H,10-11,16-27,44-45H2,1-3H3,(H,46,54)(H,47,52)/t31-,32-,33+,34+/m0/s1. The number of halogens is 2. The number of ketones is 2. The summed E-state index contributed by atoms with van der Waals surface area (Å²) in [6, 6.07) is 16.5. The van der Waals surface area contributed by atoms with Crippen LogP contribution in [0.15, 0.2) is 60.7 Å². The fourth-order valence-electron chi connectivity index (χ4n) is 7.64. The molecule has 0 aromatic heterocycles. The summed E-state index contributed by atoms with van der Waals surface area (Å²) >= 11 is 0. The molecule has 0 radical (unpaired) electrons. The molecule has 4 atom stereocenters. The summed E-state index contributed by atoms with van der Waals surface area (Å²) < 4.78 is 31.3. The van der Waals surface area contributed by atoms with Gasteiger partial charge in [0.05, 0.1) is 24.0 Å². The summed E-state index contributed by atoms with van der Waals surface area (Å²) in [5, 5.41) is 5.39. The van der Waals surface area contributed by atoms with E-state index in [4.69, 9.17) is 11.5 Å². The monoisotopic (exact) mass is 752 g/mol. The zero-order valence-electron chi connectivity index (χ0n) is 31.9. The lowest BCUT2D eigenvalue weighted by Crippen LogP contribution is -2.72. The summed E-state index contributed by atoms with van der Waals surface area (Å²) in [5.74, 6) is -6.52. The van der Waals surface area contributed by atoms with Gasteiger partial charge in [-0.15, -0.1) is 0 Å². The highest BCUT2D eigenvalue weighted by atomic mass is 19.3. The predicted octanol–water partition coefficient (Wildman–Crippen LogP) is 4.12. The molecule has 0 bridgehead atoms. The minimum Gasteiger partial charge on any atom is -0.346 e.